The van der Waals surface area contributed by atoms with Gasteiger partial charge < -0.3 is 5.32 Å². The van der Waals surface area contributed by atoms with Crippen LogP contribution in [0.2, 0.25) is 5.02 Å². The second-order valence-electron chi connectivity index (χ2n) is 5.37. The molecule has 0 aliphatic heterocycles. The molecule has 0 saturated heterocycles. The van der Waals surface area contributed by atoms with Crippen LogP contribution in [0.4, 0.5) is 5.69 Å². The van der Waals surface area contributed by atoms with Crippen LogP contribution in [0.1, 0.15) is 23.5 Å². The number of aromatic amines is 1. The van der Waals surface area contributed by atoms with Crippen LogP contribution in [-0.4, -0.2) is 19.6 Å². The Kier molecular flexibility index (Phi) is 3.11. The summed E-state index contributed by atoms with van der Waals surface area (Å²) in [6.07, 6.45) is 2.66. The standard InChI is InChI=1S/C15H14ClN5O/c16-9-3-1-4-10(7-9)17-8-13-19-15-18-12-6-2-5-11(12)14(22)21(15)20-13/h1,3-4,7,17H,2,5-6,8H2,(H,18,19,20). The van der Waals surface area contributed by atoms with E-state index in [2.05, 4.69) is 20.4 Å². The summed E-state index contributed by atoms with van der Waals surface area (Å²) >= 11 is 5.95. The molecule has 0 atom stereocenters. The lowest BCUT2D eigenvalue weighted by Crippen LogP contribution is -2.20. The number of hydrogen-bond acceptors (Lipinski definition) is 4. The number of anilines is 1. The molecule has 1 aromatic carbocycles. The zero-order valence-electron chi connectivity index (χ0n) is 11.8. The quantitative estimate of drug-likeness (QED) is 0.777. The number of halogens is 1. The minimum atomic E-state index is -0.0287. The Balaban J connectivity index is 1.63. The van der Waals surface area contributed by atoms with Crippen LogP contribution in [0.3, 0.4) is 0 Å². The second kappa shape index (κ2) is 5.14. The van der Waals surface area contributed by atoms with E-state index in [1.54, 1.807) is 0 Å². The number of fused-ring (bicyclic) bond motifs is 2. The van der Waals surface area contributed by atoms with Crippen molar-refractivity contribution in [3.05, 3.63) is 56.7 Å². The molecule has 0 bridgehead atoms. The topological polar surface area (TPSA) is 75.1 Å². The van der Waals surface area contributed by atoms with Gasteiger partial charge in [-0.05, 0) is 37.5 Å². The van der Waals surface area contributed by atoms with Gasteiger partial charge in [-0.15, -0.1) is 0 Å². The molecule has 1 aliphatic carbocycles. The first-order valence-corrected chi connectivity index (χ1v) is 7.57. The third kappa shape index (κ3) is 2.25. The van der Waals surface area contributed by atoms with Crippen LogP contribution in [0.5, 0.6) is 0 Å². The number of nitrogens with zero attached hydrogens (tertiary/aromatic N) is 3. The van der Waals surface area contributed by atoms with Crippen molar-refractivity contribution in [1.29, 1.82) is 0 Å². The average molecular weight is 316 g/mol. The lowest BCUT2D eigenvalue weighted by Gasteiger charge is -2.03. The van der Waals surface area contributed by atoms with E-state index in [1.165, 1.54) is 4.52 Å². The predicted molar refractivity (Wildman–Crippen MR) is 84.4 cm³/mol. The Morgan fingerprint density at radius 2 is 2.23 bits per heavy atom. The number of H-pyrrole nitrogens is 1. The first-order chi connectivity index (χ1) is 10.7. The van der Waals surface area contributed by atoms with Crippen molar-refractivity contribution in [2.24, 2.45) is 0 Å². The molecule has 22 heavy (non-hydrogen) atoms. The van der Waals surface area contributed by atoms with Crippen molar-refractivity contribution < 1.29 is 0 Å². The minimum absolute atomic E-state index is 0.0287. The largest absolute Gasteiger partial charge is 0.378 e. The Bertz CT molecular complexity index is 914. The maximum atomic E-state index is 12.4. The van der Waals surface area contributed by atoms with Crippen molar-refractivity contribution >= 4 is 23.1 Å². The summed E-state index contributed by atoms with van der Waals surface area (Å²) in [5, 5.41) is 6.90. The van der Waals surface area contributed by atoms with Crippen LogP contribution >= 0.6 is 11.6 Å². The van der Waals surface area contributed by atoms with Crippen molar-refractivity contribution in [3.8, 4) is 0 Å². The highest BCUT2D eigenvalue weighted by molar-refractivity contribution is 6.30. The molecular weight excluding hydrogens is 302 g/mol. The SMILES string of the molecule is O=c1c2c(nc3nc(CNc4cccc(Cl)c4)[nH]n13)CCC2. The summed E-state index contributed by atoms with van der Waals surface area (Å²) in [6.45, 7) is 0.466. The number of aryl methyl sites for hydroxylation is 1. The second-order valence-corrected chi connectivity index (χ2v) is 5.80. The number of hydrogen-bond donors (Lipinski definition) is 2. The fraction of sp³-hybridized carbons (Fsp3) is 0.267. The Hall–Kier alpha value is -2.34. The fourth-order valence-electron chi connectivity index (χ4n) is 2.79. The maximum absolute atomic E-state index is 12.4. The van der Waals surface area contributed by atoms with Crippen molar-refractivity contribution in [2.45, 2.75) is 25.8 Å². The summed E-state index contributed by atoms with van der Waals surface area (Å²) in [7, 11) is 0. The number of rotatable bonds is 3. The van der Waals surface area contributed by atoms with E-state index in [0.717, 1.165) is 36.2 Å². The van der Waals surface area contributed by atoms with Crippen LogP contribution in [-0.2, 0) is 19.4 Å². The number of aromatic nitrogens is 4. The van der Waals surface area contributed by atoms with E-state index < -0.39 is 0 Å². The van der Waals surface area contributed by atoms with E-state index in [4.69, 9.17) is 11.6 Å². The monoisotopic (exact) mass is 315 g/mol. The van der Waals surface area contributed by atoms with E-state index in [9.17, 15) is 4.79 Å². The number of nitrogens with one attached hydrogen (secondary N) is 2. The summed E-state index contributed by atoms with van der Waals surface area (Å²) in [5.41, 5.74) is 2.58. The van der Waals surface area contributed by atoms with Gasteiger partial charge in [-0.25, -0.2) is 4.98 Å². The maximum Gasteiger partial charge on any atom is 0.277 e. The van der Waals surface area contributed by atoms with Gasteiger partial charge in [0.05, 0.1) is 12.2 Å². The van der Waals surface area contributed by atoms with Gasteiger partial charge in [-0.3, -0.25) is 9.89 Å². The van der Waals surface area contributed by atoms with Crippen LogP contribution < -0.4 is 10.9 Å². The summed E-state index contributed by atoms with van der Waals surface area (Å²) in [6, 6.07) is 7.45. The van der Waals surface area contributed by atoms with Crippen molar-refractivity contribution in [1.82, 2.24) is 19.6 Å². The molecule has 2 heterocycles. The third-order valence-corrected chi connectivity index (χ3v) is 4.08. The van der Waals surface area contributed by atoms with Gasteiger partial charge in [0.15, 0.2) is 0 Å². The zero-order valence-corrected chi connectivity index (χ0v) is 12.5. The molecule has 3 aromatic rings. The molecule has 4 rings (SSSR count). The Morgan fingerprint density at radius 1 is 1.32 bits per heavy atom. The summed E-state index contributed by atoms with van der Waals surface area (Å²) < 4.78 is 1.43. The van der Waals surface area contributed by atoms with Crippen molar-refractivity contribution in [3.63, 3.8) is 0 Å². The van der Waals surface area contributed by atoms with E-state index in [0.29, 0.717) is 23.2 Å². The molecule has 112 valence electrons. The first-order valence-electron chi connectivity index (χ1n) is 7.19. The lowest BCUT2D eigenvalue weighted by atomic mass is 10.3. The van der Waals surface area contributed by atoms with Gasteiger partial charge in [-0.1, -0.05) is 17.7 Å². The molecule has 2 N–H and O–H groups in total. The van der Waals surface area contributed by atoms with Gasteiger partial charge in [0.2, 0.25) is 0 Å². The summed E-state index contributed by atoms with van der Waals surface area (Å²) in [4.78, 5) is 21.2. The molecule has 0 unspecified atom stereocenters. The predicted octanol–water partition coefficient (Wildman–Crippen LogP) is 2.17. The van der Waals surface area contributed by atoms with Gasteiger partial charge in [0.25, 0.3) is 11.3 Å². The molecule has 2 aromatic heterocycles. The molecule has 6 nitrogen and oxygen atoms in total. The third-order valence-electron chi connectivity index (χ3n) is 3.85. The van der Waals surface area contributed by atoms with E-state index >= 15 is 0 Å². The molecule has 0 spiro atoms. The van der Waals surface area contributed by atoms with Crippen molar-refractivity contribution in [2.75, 3.05) is 5.32 Å². The van der Waals surface area contributed by atoms with Gasteiger partial charge in [0, 0.05) is 16.3 Å². The smallest absolute Gasteiger partial charge is 0.277 e. The van der Waals surface area contributed by atoms with Crippen LogP contribution in [0.25, 0.3) is 5.78 Å². The Labute approximate surface area is 131 Å². The van der Waals surface area contributed by atoms with Crippen LogP contribution in [0, 0.1) is 0 Å². The molecule has 0 amide bonds. The van der Waals surface area contributed by atoms with E-state index in [1.807, 2.05) is 24.3 Å². The molecule has 0 fully saturated rings. The van der Waals surface area contributed by atoms with Gasteiger partial charge in [0.1, 0.15) is 5.82 Å². The Morgan fingerprint density at radius 3 is 3.09 bits per heavy atom. The van der Waals surface area contributed by atoms with Crippen LogP contribution in [0.15, 0.2) is 29.1 Å². The van der Waals surface area contributed by atoms with E-state index in [-0.39, 0.29) is 5.56 Å². The highest BCUT2D eigenvalue weighted by Gasteiger charge is 2.19. The molecule has 0 saturated carbocycles. The fourth-order valence-corrected chi connectivity index (χ4v) is 2.98. The lowest BCUT2D eigenvalue weighted by molar-refractivity contribution is 0.839. The normalized spacial score (nSPS) is 13.5. The zero-order chi connectivity index (χ0) is 15.1. The van der Waals surface area contributed by atoms with Gasteiger partial charge >= 0.3 is 0 Å². The molecule has 1 aliphatic rings. The summed E-state index contributed by atoms with van der Waals surface area (Å²) in [5.74, 6) is 1.10. The highest BCUT2D eigenvalue weighted by Crippen LogP contribution is 2.17. The van der Waals surface area contributed by atoms with Gasteiger partial charge in [-0.2, -0.15) is 9.50 Å². The minimum Gasteiger partial charge on any atom is -0.378 e. The molecule has 0 radical (unpaired) electrons. The molecular formula is C15H14ClN5O. The highest BCUT2D eigenvalue weighted by atomic mass is 35.5. The average Bonchev–Trinajstić information content (AvgIpc) is 3.12. The first kappa shape index (κ1) is 13.3. The molecule has 7 heteroatoms. The number of benzene rings is 1.